The lowest BCUT2D eigenvalue weighted by Crippen LogP contribution is -2.26. The molecule has 1 unspecified atom stereocenters. The first-order valence-corrected chi connectivity index (χ1v) is 6.40. The minimum absolute atomic E-state index is 0.0211. The van der Waals surface area contributed by atoms with E-state index in [0.717, 1.165) is 11.3 Å². The summed E-state index contributed by atoms with van der Waals surface area (Å²) in [5, 5.41) is 2.98. The fraction of sp³-hybridized carbons (Fsp3) is 0.333. The standard InChI is InChI=1S/C15H18N2O2/c1-11(13-6-4-3-5-7-13)16-15(18)9-8-14-10-19-12(2)17-14/h3-7,10-11H,8-9H2,1-2H3,(H,16,18). The van der Waals surface area contributed by atoms with Gasteiger partial charge in [0.2, 0.25) is 5.91 Å². The predicted octanol–water partition coefficient (Wildman–Crippen LogP) is 2.79. The number of amides is 1. The van der Waals surface area contributed by atoms with E-state index in [4.69, 9.17) is 4.42 Å². The summed E-state index contributed by atoms with van der Waals surface area (Å²) in [6.07, 6.45) is 2.62. The fourth-order valence-corrected chi connectivity index (χ4v) is 1.90. The molecule has 0 spiro atoms. The van der Waals surface area contributed by atoms with E-state index in [-0.39, 0.29) is 11.9 Å². The van der Waals surface area contributed by atoms with Gasteiger partial charge in [-0.25, -0.2) is 4.98 Å². The first-order chi connectivity index (χ1) is 9.15. The van der Waals surface area contributed by atoms with E-state index >= 15 is 0 Å². The molecule has 0 fully saturated rings. The summed E-state index contributed by atoms with van der Waals surface area (Å²) in [7, 11) is 0. The summed E-state index contributed by atoms with van der Waals surface area (Å²) >= 11 is 0. The Balaban J connectivity index is 1.81. The van der Waals surface area contributed by atoms with Gasteiger partial charge >= 0.3 is 0 Å². The van der Waals surface area contributed by atoms with E-state index in [1.807, 2.05) is 37.3 Å². The molecule has 1 N–H and O–H groups in total. The van der Waals surface area contributed by atoms with Crippen LogP contribution in [0.4, 0.5) is 0 Å². The molecule has 1 aromatic carbocycles. The van der Waals surface area contributed by atoms with Crippen molar-refractivity contribution in [2.45, 2.75) is 32.7 Å². The second kappa shape index (κ2) is 6.18. The quantitative estimate of drug-likeness (QED) is 0.897. The minimum atomic E-state index is 0.0211. The van der Waals surface area contributed by atoms with Gasteiger partial charge < -0.3 is 9.73 Å². The van der Waals surface area contributed by atoms with Crippen LogP contribution in [0.3, 0.4) is 0 Å². The molecule has 1 amide bonds. The number of aryl methyl sites for hydroxylation is 2. The van der Waals surface area contributed by atoms with Crippen LogP contribution in [0, 0.1) is 6.92 Å². The van der Waals surface area contributed by atoms with Crippen LogP contribution in [0.2, 0.25) is 0 Å². The SMILES string of the molecule is Cc1nc(CCC(=O)NC(C)c2ccccc2)co1. The van der Waals surface area contributed by atoms with Crippen LogP contribution >= 0.6 is 0 Å². The largest absolute Gasteiger partial charge is 0.449 e. The number of carbonyl (C=O) groups is 1. The van der Waals surface area contributed by atoms with Gasteiger partial charge in [0.25, 0.3) is 0 Å². The molecule has 2 aromatic rings. The first-order valence-electron chi connectivity index (χ1n) is 6.40. The Morgan fingerprint density at radius 2 is 2.11 bits per heavy atom. The van der Waals surface area contributed by atoms with Gasteiger partial charge in [-0.3, -0.25) is 4.79 Å². The molecule has 0 aliphatic rings. The van der Waals surface area contributed by atoms with Crippen LogP contribution in [-0.4, -0.2) is 10.9 Å². The topological polar surface area (TPSA) is 55.1 Å². The van der Waals surface area contributed by atoms with Crippen molar-refractivity contribution < 1.29 is 9.21 Å². The Labute approximate surface area is 112 Å². The molecule has 100 valence electrons. The van der Waals surface area contributed by atoms with Crippen molar-refractivity contribution in [1.82, 2.24) is 10.3 Å². The van der Waals surface area contributed by atoms with Crippen molar-refractivity contribution in [3.8, 4) is 0 Å². The number of oxazole rings is 1. The highest BCUT2D eigenvalue weighted by atomic mass is 16.3. The van der Waals surface area contributed by atoms with E-state index in [1.54, 1.807) is 13.2 Å². The second-order valence-electron chi connectivity index (χ2n) is 4.56. The molecule has 2 rings (SSSR count). The Morgan fingerprint density at radius 3 is 2.74 bits per heavy atom. The van der Waals surface area contributed by atoms with Crippen LogP contribution in [0.5, 0.6) is 0 Å². The summed E-state index contributed by atoms with van der Waals surface area (Å²) in [5.74, 6) is 0.657. The van der Waals surface area contributed by atoms with Crippen LogP contribution in [0.15, 0.2) is 41.0 Å². The number of benzene rings is 1. The molecule has 1 atom stereocenters. The van der Waals surface area contributed by atoms with Crippen LogP contribution in [0.25, 0.3) is 0 Å². The van der Waals surface area contributed by atoms with E-state index < -0.39 is 0 Å². The lowest BCUT2D eigenvalue weighted by molar-refractivity contribution is -0.121. The maximum absolute atomic E-state index is 11.8. The van der Waals surface area contributed by atoms with Crippen molar-refractivity contribution in [1.29, 1.82) is 0 Å². The summed E-state index contributed by atoms with van der Waals surface area (Å²) in [6, 6.07) is 9.93. The summed E-state index contributed by atoms with van der Waals surface area (Å²) in [5.41, 5.74) is 1.92. The Bertz CT molecular complexity index is 534. The van der Waals surface area contributed by atoms with Crippen molar-refractivity contribution in [2.24, 2.45) is 0 Å². The summed E-state index contributed by atoms with van der Waals surface area (Å²) in [6.45, 7) is 3.77. The molecular weight excluding hydrogens is 240 g/mol. The monoisotopic (exact) mass is 258 g/mol. The third kappa shape index (κ3) is 3.95. The Hall–Kier alpha value is -2.10. The van der Waals surface area contributed by atoms with E-state index in [0.29, 0.717) is 18.7 Å². The van der Waals surface area contributed by atoms with Gasteiger partial charge in [-0.1, -0.05) is 30.3 Å². The number of nitrogens with one attached hydrogen (secondary N) is 1. The van der Waals surface area contributed by atoms with Crippen molar-refractivity contribution in [3.05, 3.63) is 53.7 Å². The predicted molar refractivity (Wildman–Crippen MR) is 72.6 cm³/mol. The molecule has 0 aliphatic carbocycles. The molecular formula is C15H18N2O2. The molecule has 1 aromatic heterocycles. The lowest BCUT2D eigenvalue weighted by Gasteiger charge is -2.13. The number of aromatic nitrogens is 1. The molecule has 0 aliphatic heterocycles. The number of carbonyl (C=O) groups excluding carboxylic acids is 1. The summed E-state index contributed by atoms with van der Waals surface area (Å²) in [4.78, 5) is 16.0. The third-order valence-electron chi connectivity index (χ3n) is 2.95. The van der Waals surface area contributed by atoms with Gasteiger partial charge in [-0.2, -0.15) is 0 Å². The number of nitrogens with zero attached hydrogens (tertiary/aromatic N) is 1. The third-order valence-corrected chi connectivity index (χ3v) is 2.95. The Morgan fingerprint density at radius 1 is 1.37 bits per heavy atom. The minimum Gasteiger partial charge on any atom is -0.449 e. The van der Waals surface area contributed by atoms with Crippen LogP contribution in [-0.2, 0) is 11.2 Å². The normalized spacial score (nSPS) is 12.1. The fourth-order valence-electron chi connectivity index (χ4n) is 1.90. The maximum Gasteiger partial charge on any atom is 0.220 e. The van der Waals surface area contributed by atoms with Gasteiger partial charge in [0.1, 0.15) is 6.26 Å². The zero-order valence-electron chi connectivity index (χ0n) is 11.2. The zero-order valence-corrected chi connectivity index (χ0v) is 11.2. The lowest BCUT2D eigenvalue weighted by atomic mass is 10.1. The molecule has 0 radical (unpaired) electrons. The smallest absolute Gasteiger partial charge is 0.220 e. The van der Waals surface area contributed by atoms with Gasteiger partial charge in [-0.15, -0.1) is 0 Å². The highest BCUT2D eigenvalue weighted by Gasteiger charge is 2.10. The second-order valence-corrected chi connectivity index (χ2v) is 4.56. The molecule has 0 saturated heterocycles. The van der Waals surface area contributed by atoms with Gasteiger partial charge in [-0.05, 0) is 12.5 Å². The van der Waals surface area contributed by atoms with Crippen molar-refractivity contribution in [3.63, 3.8) is 0 Å². The zero-order chi connectivity index (χ0) is 13.7. The van der Waals surface area contributed by atoms with E-state index in [9.17, 15) is 4.79 Å². The highest BCUT2D eigenvalue weighted by Crippen LogP contribution is 2.11. The van der Waals surface area contributed by atoms with Gasteiger partial charge in [0, 0.05) is 19.8 Å². The highest BCUT2D eigenvalue weighted by molar-refractivity contribution is 5.76. The molecule has 1 heterocycles. The van der Waals surface area contributed by atoms with Crippen LogP contribution < -0.4 is 5.32 Å². The molecule has 0 bridgehead atoms. The molecule has 4 nitrogen and oxygen atoms in total. The molecule has 0 saturated carbocycles. The number of rotatable bonds is 5. The number of hydrogen-bond donors (Lipinski definition) is 1. The first kappa shape index (κ1) is 13.3. The van der Waals surface area contributed by atoms with Crippen LogP contribution in [0.1, 0.15) is 36.5 Å². The van der Waals surface area contributed by atoms with E-state index in [1.165, 1.54) is 0 Å². The van der Waals surface area contributed by atoms with E-state index in [2.05, 4.69) is 10.3 Å². The summed E-state index contributed by atoms with van der Waals surface area (Å²) < 4.78 is 5.10. The molecule has 4 heteroatoms. The number of hydrogen-bond acceptors (Lipinski definition) is 3. The van der Waals surface area contributed by atoms with Crippen molar-refractivity contribution >= 4 is 5.91 Å². The average Bonchev–Trinajstić information content (AvgIpc) is 2.83. The van der Waals surface area contributed by atoms with Crippen molar-refractivity contribution in [2.75, 3.05) is 0 Å². The van der Waals surface area contributed by atoms with Gasteiger partial charge in [0.15, 0.2) is 5.89 Å². The molecule has 19 heavy (non-hydrogen) atoms. The maximum atomic E-state index is 11.8. The Kier molecular flexibility index (Phi) is 4.34. The van der Waals surface area contributed by atoms with Gasteiger partial charge in [0.05, 0.1) is 11.7 Å². The average molecular weight is 258 g/mol.